The Morgan fingerprint density at radius 1 is 1.33 bits per heavy atom. The van der Waals surface area contributed by atoms with Crippen LogP contribution in [0.1, 0.15) is 25.1 Å². The number of hydrogen-bond acceptors (Lipinski definition) is 1. The summed E-state index contributed by atoms with van der Waals surface area (Å²) in [6, 6.07) is 5.74. The predicted molar refractivity (Wildman–Crippen MR) is 75.0 cm³/mol. The number of halogens is 3. The number of fused-ring (bicyclic) bond motifs is 3. The molecule has 0 fully saturated rings. The van der Waals surface area contributed by atoms with Crippen LogP contribution in [0.2, 0.25) is 0 Å². The number of benzene rings is 1. The molecule has 1 aliphatic rings. The highest BCUT2D eigenvalue weighted by molar-refractivity contribution is 5.82. The highest BCUT2D eigenvalue weighted by Gasteiger charge is 2.35. The van der Waals surface area contributed by atoms with Gasteiger partial charge in [-0.3, -0.25) is 0 Å². The van der Waals surface area contributed by atoms with Gasteiger partial charge in [0.1, 0.15) is 5.60 Å². The van der Waals surface area contributed by atoms with Crippen LogP contribution in [-0.2, 0) is 23.1 Å². The van der Waals surface area contributed by atoms with Crippen LogP contribution < -0.4 is 0 Å². The Balaban J connectivity index is 2.23. The van der Waals surface area contributed by atoms with Crippen molar-refractivity contribution in [2.24, 2.45) is 0 Å². The summed E-state index contributed by atoms with van der Waals surface area (Å²) in [4.78, 5) is 0. The summed E-state index contributed by atoms with van der Waals surface area (Å²) in [6.07, 6.45) is -2.86. The molecule has 2 aromatic rings. The quantitative estimate of drug-likeness (QED) is 0.708. The third-order valence-electron chi connectivity index (χ3n) is 3.92. The SMILES string of the molecule is C=C[C@H]1Cn2c(cc3ccc(C(F)(F)F)cc32)C(C)(C)O1. The van der Waals surface area contributed by atoms with E-state index in [-0.39, 0.29) is 6.10 Å². The minimum Gasteiger partial charge on any atom is -0.360 e. The first-order valence-electron chi connectivity index (χ1n) is 6.74. The van der Waals surface area contributed by atoms with E-state index in [4.69, 9.17) is 4.74 Å². The minimum absolute atomic E-state index is 0.211. The van der Waals surface area contributed by atoms with E-state index in [0.29, 0.717) is 12.1 Å². The van der Waals surface area contributed by atoms with Gasteiger partial charge in [-0.05, 0) is 37.4 Å². The fourth-order valence-electron chi connectivity index (χ4n) is 2.90. The van der Waals surface area contributed by atoms with Gasteiger partial charge in [0.15, 0.2) is 0 Å². The smallest absolute Gasteiger partial charge is 0.360 e. The molecule has 0 amide bonds. The summed E-state index contributed by atoms with van der Waals surface area (Å²) in [5.41, 5.74) is 0.280. The Morgan fingerprint density at radius 3 is 2.67 bits per heavy atom. The van der Waals surface area contributed by atoms with Gasteiger partial charge in [-0.25, -0.2) is 0 Å². The Kier molecular flexibility index (Phi) is 2.95. The third-order valence-corrected chi connectivity index (χ3v) is 3.92. The van der Waals surface area contributed by atoms with Gasteiger partial charge in [-0.1, -0.05) is 12.1 Å². The van der Waals surface area contributed by atoms with Crippen molar-refractivity contribution in [3.05, 3.63) is 48.2 Å². The first kappa shape index (κ1) is 14.2. The van der Waals surface area contributed by atoms with Crippen molar-refractivity contribution in [1.82, 2.24) is 4.57 Å². The molecule has 1 aromatic carbocycles. The normalized spacial score (nSPS) is 21.3. The lowest BCUT2D eigenvalue weighted by atomic mass is 10.0. The number of ether oxygens (including phenoxy) is 1. The van der Waals surface area contributed by atoms with E-state index in [1.807, 2.05) is 24.5 Å². The molecular formula is C16H16F3NO. The van der Waals surface area contributed by atoms with E-state index < -0.39 is 17.3 Å². The zero-order chi connectivity index (χ0) is 15.4. The largest absolute Gasteiger partial charge is 0.416 e. The summed E-state index contributed by atoms with van der Waals surface area (Å²) >= 11 is 0. The molecule has 0 aliphatic carbocycles. The molecule has 0 unspecified atom stereocenters. The van der Waals surface area contributed by atoms with Gasteiger partial charge in [0, 0.05) is 5.52 Å². The van der Waals surface area contributed by atoms with Gasteiger partial charge in [0.05, 0.1) is 23.9 Å². The molecule has 3 rings (SSSR count). The third kappa shape index (κ3) is 2.25. The van der Waals surface area contributed by atoms with Crippen LogP contribution in [0.3, 0.4) is 0 Å². The number of alkyl halides is 3. The molecule has 0 saturated heterocycles. The lowest BCUT2D eigenvalue weighted by Crippen LogP contribution is -2.38. The second kappa shape index (κ2) is 4.37. The number of aromatic nitrogens is 1. The average molecular weight is 295 g/mol. The van der Waals surface area contributed by atoms with Gasteiger partial charge >= 0.3 is 6.18 Å². The minimum atomic E-state index is -4.34. The molecule has 1 aromatic heterocycles. The first-order chi connectivity index (χ1) is 9.72. The van der Waals surface area contributed by atoms with Crippen LogP contribution in [0.4, 0.5) is 13.2 Å². The van der Waals surface area contributed by atoms with Crippen molar-refractivity contribution >= 4 is 10.9 Å². The van der Waals surface area contributed by atoms with Gasteiger partial charge in [0.25, 0.3) is 0 Å². The zero-order valence-electron chi connectivity index (χ0n) is 11.9. The van der Waals surface area contributed by atoms with Crippen LogP contribution in [0.15, 0.2) is 36.9 Å². The fraction of sp³-hybridized carbons (Fsp3) is 0.375. The number of nitrogens with zero attached hydrogens (tertiary/aromatic N) is 1. The van der Waals surface area contributed by atoms with E-state index in [1.165, 1.54) is 12.1 Å². The summed E-state index contributed by atoms with van der Waals surface area (Å²) < 4.78 is 46.5. The molecule has 2 nitrogen and oxygen atoms in total. The monoisotopic (exact) mass is 295 g/mol. The molecule has 0 bridgehead atoms. The molecule has 5 heteroatoms. The maximum atomic E-state index is 12.9. The molecule has 0 saturated carbocycles. The topological polar surface area (TPSA) is 14.2 Å². The highest BCUT2D eigenvalue weighted by atomic mass is 19.4. The van der Waals surface area contributed by atoms with Crippen molar-refractivity contribution < 1.29 is 17.9 Å². The Morgan fingerprint density at radius 2 is 2.05 bits per heavy atom. The van der Waals surface area contributed by atoms with Gasteiger partial charge in [0.2, 0.25) is 0 Å². The van der Waals surface area contributed by atoms with Crippen LogP contribution in [0.25, 0.3) is 10.9 Å². The zero-order valence-corrected chi connectivity index (χ0v) is 11.9. The fourth-order valence-corrected chi connectivity index (χ4v) is 2.90. The second-order valence-electron chi connectivity index (χ2n) is 5.81. The van der Waals surface area contributed by atoms with Crippen molar-refractivity contribution in [3.63, 3.8) is 0 Å². The van der Waals surface area contributed by atoms with Crippen molar-refractivity contribution in [1.29, 1.82) is 0 Å². The Hall–Kier alpha value is -1.75. The van der Waals surface area contributed by atoms with Gasteiger partial charge < -0.3 is 9.30 Å². The Bertz CT molecular complexity index is 712. The maximum absolute atomic E-state index is 12.9. The van der Waals surface area contributed by atoms with Crippen LogP contribution in [-0.4, -0.2) is 10.7 Å². The summed E-state index contributed by atoms with van der Waals surface area (Å²) in [5.74, 6) is 0. The molecular weight excluding hydrogens is 279 g/mol. The van der Waals surface area contributed by atoms with Crippen molar-refractivity contribution in [2.75, 3.05) is 0 Å². The summed E-state index contributed by atoms with van der Waals surface area (Å²) in [5, 5.41) is 0.791. The second-order valence-corrected chi connectivity index (χ2v) is 5.81. The lowest BCUT2D eigenvalue weighted by Gasteiger charge is -2.36. The first-order valence-corrected chi connectivity index (χ1v) is 6.74. The van der Waals surface area contributed by atoms with E-state index >= 15 is 0 Å². The van der Waals surface area contributed by atoms with Crippen LogP contribution >= 0.6 is 0 Å². The molecule has 1 aliphatic heterocycles. The molecule has 21 heavy (non-hydrogen) atoms. The Labute approximate surface area is 120 Å². The van der Waals surface area contributed by atoms with Gasteiger partial charge in [-0.2, -0.15) is 13.2 Å². The lowest BCUT2D eigenvalue weighted by molar-refractivity contribution is -0.137. The van der Waals surface area contributed by atoms with E-state index in [1.54, 1.807) is 6.08 Å². The maximum Gasteiger partial charge on any atom is 0.416 e. The molecule has 112 valence electrons. The van der Waals surface area contributed by atoms with Crippen molar-refractivity contribution in [3.8, 4) is 0 Å². The number of hydrogen-bond donors (Lipinski definition) is 0. The molecule has 0 spiro atoms. The van der Waals surface area contributed by atoms with Crippen LogP contribution in [0.5, 0.6) is 0 Å². The van der Waals surface area contributed by atoms with Crippen molar-refractivity contribution in [2.45, 2.75) is 38.3 Å². The van der Waals surface area contributed by atoms with Gasteiger partial charge in [-0.15, -0.1) is 6.58 Å². The average Bonchev–Trinajstić information content (AvgIpc) is 2.76. The number of rotatable bonds is 1. The molecule has 0 radical (unpaired) electrons. The van der Waals surface area contributed by atoms with Crippen LogP contribution in [0, 0.1) is 0 Å². The molecule has 1 atom stereocenters. The van der Waals surface area contributed by atoms with E-state index in [9.17, 15) is 13.2 Å². The summed E-state index contributed by atoms with van der Waals surface area (Å²) in [6.45, 7) is 8.03. The van der Waals surface area contributed by atoms with E-state index in [2.05, 4.69) is 6.58 Å². The highest BCUT2D eigenvalue weighted by Crippen LogP contribution is 2.38. The predicted octanol–water partition coefficient (Wildman–Crippen LogP) is 4.48. The molecule has 2 heterocycles. The van der Waals surface area contributed by atoms with E-state index in [0.717, 1.165) is 17.1 Å². The summed E-state index contributed by atoms with van der Waals surface area (Å²) in [7, 11) is 0. The standard InChI is InChI=1S/C16H16F3NO/c1-4-12-9-20-13-8-11(16(17,18)19)6-5-10(13)7-14(20)15(2,3)21-12/h4-8,12H,1,9H2,2-3H3/t12-/m0/s1. The molecule has 0 N–H and O–H groups in total.